The summed E-state index contributed by atoms with van der Waals surface area (Å²) in [6, 6.07) is 0. The number of hydrogen-bond donors (Lipinski definition) is 0. The van der Waals surface area contributed by atoms with E-state index in [1.165, 1.54) is 0 Å². The Labute approximate surface area is 88.0 Å². The first-order chi connectivity index (χ1) is 6.21. The first-order valence-corrected chi connectivity index (χ1v) is 5.44. The van der Waals surface area contributed by atoms with E-state index in [4.69, 9.17) is 9.47 Å². The summed E-state index contributed by atoms with van der Waals surface area (Å²) in [7, 11) is 0. The number of hydrogen-bond acceptors (Lipinski definition) is 2. The Morgan fingerprint density at radius 3 is 1.43 bits per heavy atom. The predicted molar refractivity (Wildman–Crippen MR) is 58.4 cm³/mol. The Bertz CT molecular complexity index is 165. The minimum Gasteiger partial charge on any atom is -0.376 e. The van der Waals surface area contributed by atoms with Gasteiger partial charge in [0, 0.05) is 0 Å². The van der Waals surface area contributed by atoms with Crippen LogP contribution < -0.4 is 0 Å². The van der Waals surface area contributed by atoms with Crippen molar-refractivity contribution in [3.05, 3.63) is 0 Å². The molecular formula is C12H24O2. The van der Waals surface area contributed by atoms with Gasteiger partial charge in [0.05, 0.1) is 25.4 Å². The molecule has 84 valence electrons. The zero-order valence-corrected chi connectivity index (χ0v) is 10.4. The molecule has 1 fully saturated rings. The molecule has 1 heterocycles. The third-order valence-corrected chi connectivity index (χ3v) is 2.80. The average Bonchev–Trinajstić information content (AvgIpc) is 2.01. The molecule has 1 aliphatic heterocycles. The van der Waals surface area contributed by atoms with Crippen molar-refractivity contribution in [1.82, 2.24) is 0 Å². The zero-order valence-electron chi connectivity index (χ0n) is 10.4. The molecule has 2 heteroatoms. The van der Waals surface area contributed by atoms with Gasteiger partial charge in [-0.25, -0.2) is 0 Å². The van der Waals surface area contributed by atoms with Gasteiger partial charge in [-0.15, -0.1) is 0 Å². The monoisotopic (exact) mass is 200 g/mol. The lowest BCUT2D eigenvalue weighted by atomic mass is 9.85. The molecule has 1 saturated heterocycles. The van der Waals surface area contributed by atoms with Gasteiger partial charge in [0.1, 0.15) is 0 Å². The van der Waals surface area contributed by atoms with E-state index in [0.29, 0.717) is 0 Å². The third kappa shape index (κ3) is 2.96. The van der Waals surface area contributed by atoms with E-state index in [1.54, 1.807) is 0 Å². The van der Waals surface area contributed by atoms with Crippen LogP contribution in [0.25, 0.3) is 0 Å². The van der Waals surface area contributed by atoms with Gasteiger partial charge in [0.25, 0.3) is 0 Å². The second-order valence-electron chi connectivity index (χ2n) is 6.38. The lowest BCUT2D eigenvalue weighted by molar-refractivity contribution is -0.198. The highest BCUT2D eigenvalue weighted by Gasteiger charge is 2.36. The van der Waals surface area contributed by atoms with Crippen molar-refractivity contribution in [1.29, 1.82) is 0 Å². The molecule has 0 radical (unpaired) electrons. The molecule has 0 aromatic rings. The summed E-state index contributed by atoms with van der Waals surface area (Å²) in [5.41, 5.74) is 0.341. The molecule has 0 aromatic carbocycles. The fourth-order valence-electron chi connectivity index (χ4n) is 1.47. The Morgan fingerprint density at radius 2 is 1.14 bits per heavy atom. The molecule has 2 atom stereocenters. The maximum atomic E-state index is 6.09. The first-order valence-electron chi connectivity index (χ1n) is 5.44. The molecule has 2 nitrogen and oxygen atoms in total. The summed E-state index contributed by atoms with van der Waals surface area (Å²) in [6.07, 6.45) is 0.445. The second kappa shape index (κ2) is 3.82. The molecule has 0 amide bonds. The summed E-state index contributed by atoms with van der Waals surface area (Å²) >= 11 is 0. The lowest BCUT2D eigenvalue weighted by Gasteiger charge is -2.42. The summed E-state index contributed by atoms with van der Waals surface area (Å²) in [5, 5.41) is 0. The van der Waals surface area contributed by atoms with Crippen molar-refractivity contribution in [2.75, 3.05) is 13.2 Å². The van der Waals surface area contributed by atoms with Gasteiger partial charge in [-0.2, -0.15) is 0 Å². The van der Waals surface area contributed by atoms with Crippen LogP contribution in [0.3, 0.4) is 0 Å². The van der Waals surface area contributed by atoms with Gasteiger partial charge in [-0.05, 0) is 10.8 Å². The predicted octanol–water partition coefficient (Wildman–Crippen LogP) is 2.86. The van der Waals surface area contributed by atoms with E-state index < -0.39 is 0 Å². The minimum atomic E-state index is 0.171. The molecule has 0 saturated carbocycles. The van der Waals surface area contributed by atoms with Crippen molar-refractivity contribution in [2.24, 2.45) is 10.8 Å². The summed E-state index contributed by atoms with van der Waals surface area (Å²) in [5.74, 6) is 0. The maximum absolute atomic E-state index is 6.09. The van der Waals surface area contributed by atoms with Crippen LogP contribution in [0.2, 0.25) is 0 Å². The van der Waals surface area contributed by atoms with Crippen LogP contribution >= 0.6 is 0 Å². The average molecular weight is 200 g/mol. The van der Waals surface area contributed by atoms with E-state index in [2.05, 4.69) is 41.5 Å². The second-order valence-corrected chi connectivity index (χ2v) is 6.38. The van der Waals surface area contributed by atoms with Crippen LogP contribution in [0.15, 0.2) is 0 Å². The van der Waals surface area contributed by atoms with Gasteiger partial charge in [-0.3, -0.25) is 0 Å². The van der Waals surface area contributed by atoms with Crippen LogP contribution in [0, 0.1) is 10.8 Å². The smallest absolute Gasteiger partial charge is 0.0861 e. The van der Waals surface area contributed by atoms with Crippen molar-refractivity contribution in [2.45, 2.75) is 53.8 Å². The Morgan fingerprint density at radius 1 is 0.786 bits per heavy atom. The molecule has 0 aromatic heterocycles. The maximum Gasteiger partial charge on any atom is 0.0861 e. The van der Waals surface area contributed by atoms with E-state index in [9.17, 15) is 0 Å². The van der Waals surface area contributed by atoms with Crippen molar-refractivity contribution >= 4 is 0 Å². The Balaban J connectivity index is 2.61. The van der Waals surface area contributed by atoms with Crippen LogP contribution in [0.4, 0.5) is 0 Å². The molecule has 1 rings (SSSR count). The van der Waals surface area contributed by atoms with E-state index in [1.807, 2.05) is 0 Å². The van der Waals surface area contributed by atoms with E-state index >= 15 is 0 Å². The van der Waals surface area contributed by atoms with E-state index in [0.717, 1.165) is 13.2 Å². The van der Waals surface area contributed by atoms with Crippen LogP contribution in [0.1, 0.15) is 41.5 Å². The standard InChI is InChI=1S/C12H24O2/c1-11(2,3)9-7-13-8-10(14-9)12(4,5)6/h9-10H,7-8H2,1-6H3. The first kappa shape index (κ1) is 12.0. The Kier molecular flexibility index (Phi) is 3.27. The fourth-order valence-corrected chi connectivity index (χ4v) is 1.47. The lowest BCUT2D eigenvalue weighted by Crippen LogP contribution is -2.48. The summed E-state index contributed by atoms with van der Waals surface area (Å²) in [4.78, 5) is 0. The summed E-state index contributed by atoms with van der Waals surface area (Å²) in [6.45, 7) is 14.7. The highest BCUT2D eigenvalue weighted by atomic mass is 16.6. The quantitative estimate of drug-likeness (QED) is 0.598. The fraction of sp³-hybridized carbons (Fsp3) is 1.00. The van der Waals surface area contributed by atoms with Gasteiger partial charge in [0.2, 0.25) is 0 Å². The largest absolute Gasteiger partial charge is 0.376 e. The molecule has 0 bridgehead atoms. The third-order valence-electron chi connectivity index (χ3n) is 2.80. The zero-order chi connectivity index (χ0) is 11.0. The SMILES string of the molecule is CC(C)(C)C1COCC(C(C)(C)C)O1. The van der Waals surface area contributed by atoms with Crippen molar-refractivity contribution in [3.8, 4) is 0 Å². The van der Waals surface area contributed by atoms with Crippen LogP contribution in [0.5, 0.6) is 0 Å². The molecule has 0 aliphatic carbocycles. The van der Waals surface area contributed by atoms with Crippen molar-refractivity contribution in [3.63, 3.8) is 0 Å². The molecule has 0 N–H and O–H groups in total. The highest BCUT2D eigenvalue weighted by molar-refractivity contribution is 4.83. The molecule has 2 unspecified atom stereocenters. The van der Waals surface area contributed by atoms with E-state index in [-0.39, 0.29) is 23.0 Å². The number of ether oxygens (including phenoxy) is 2. The molecule has 0 spiro atoms. The van der Waals surface area contributed by atoms with Gasteiger partial charge < -0.3 is 9.47 Å². The minimum absolute atomic E-state index is 0.171. The van der Waals surface area contributed by atoms with Crippen LogP contribution in [-0.4, -0.2) is 25.4 Å². The summed E-state index contributed by atoms with van der Waals surface area (Å²) < 4.78 is 11.7. The van der Waals surface area contributed by atoms with Crippen LogP contribution in [-0.2, 0) is 9.47 Å². The Hall–Kier alpha value is -0.0800. The number of rotatable bonds is 0. The molecule has 1 aliphatic rings. The van der Waals surface area contributed by atoms with Gasteiger partial charge >= 0.3 is 0 Å². The molecular weight excluding hydrogens is 176 g/mol. The normalized spacial score (nSPS) is 30.4. The topological polar surface area (TPSA) is 18.5 Å². The van der Waals surface area contributed by atoms with Gasteiger partial charge in [0.15, 0.2) is 0 Å². The van der Waals surface area contributed by atoms with Gasteiger partial charge in [-0.1, -0.05) is 41.5 Å². The molecule has 14 heavy (non-hydrogen) atoms. The van der Waals surface area contributed by atoms with Crippen molar-refractivity contribution < 1.29 is 9.47 Å². The highest BCUT2D eigenvalue weighted by Crippen LogP contribution is 2.32.